The zero-order valence-electron chi connectivity index (χ0n) is 15.9. The van der Waals surface area contributed by atoms with Gasteiger partial charge in [0.05, 0.1) is 24.4 Å². The van der Waals surface area contributed by atoms with Crippen molar-refractivity contribution in [2.75, 3.05) is 32.6 Å². The standard InChI is InChI=1S/C19H21N3O6S/c1-27-19(26)14-10-22(8-9-29-14)16(23)11-28-17(24)7-6-15-20-13-5-3-2-4-12(13)18(25)21-15/h2-5,14H,6-11H2,1H3,(H,20,21,25)/t14-/m1/s1. The molecule has 1 atom stereocenters. The van der Waals surface area contributed by atoms with Crippen molar-refractivity contribution in [2.24, 2.45) is 0 Å². The maximum atomic E-state index is 12.3. The highest BCUT2D eigenvalue weighted by Gasteiger charge is 2.29. The number of rotatable bonds is 6. The summed E-state index contributed by atoms with van der Waals surface area (Å²) in [6.07, 6.45) is 0.174. The van der Waals surface area contributed by atoms with Crippen molar-refractivity contribution in [1.82, 2.24) is 14.9 Å². The number of H-pyrrole nitrogens is 1. The number of amides is 1. The van der Waals surface area contributed by atoms with Gasteiger partial charge in [-0.3, -0.25) is 19.2 Å². The predicted octanol–water partition coefficient (Wildman–Crippen LogP) is 0.516. The van der Waals surface area contributed by atoms with Crippen molar-refractivity contribution in [3.8, 4) is 0 Å². The Morgan fingerprint density at radius 1 is 1.31 bits per heavy atom. The number of aromatic amines is 1. The molecule has 154 valence electrons. The quantitative estimate of drug-likeness (QED) is 0.673. The normalized spacial score (nSPS) is 16.4. The Balaban J connectivity index is 1.48. The highest BCUT2D eigenvalue weighted by molar-refractivity contribution is 8.00. The Labute approximate surface area is 170 Å². The van der Waals surface area contributed by atoms with Crippen LogP contribution in [0.3, 0.4) is 0 Å². The monoisotopic (exact) mass is 419 g/mol. The molecular weight excluding hydrogens is 398 g/mol. The van der Waals surface area contributed by atoms with Crippen LogP contribution in [0.25, 0.3) is 10.9 Å². The van der Waals surface area contributed by atoms with Crippen LogP contribution in [0, 0.1) is 0 Å². The molecule has 0 saturated carbocycles. The number of aromatic nitrogens is 2. The van der Waals surface area contributed by atoms with E-state index in [-0.39, 0.29) is 43.4 Å². The summed E-state index contributed by atoms with van der Waals surface area (Å²) >= 11 is 1.44. The molecule has 1 amide bonds. The lowest BCUT2D eigenvalue weighted by atomic mass is 10.2. The minimum Gasteiger partial charge on any atom is -0.468 e. The number of ether oxygens (including phenoxy) is 2. The average Bonchev–Trinajstić information content (AvgIpc) is 2.75. The van der Waals surface area contributed by atoms with E-state index in [1.807, 2.05) is 0 Å². The summed E-state index contributed by atoms with van der Waals surface area (Å²) < 4.78 is 9.76. The molecule has 29 heavy (non-hydrogen) atoms. The topological polar surface area (TPSA) is 119 Å². The van der Waals surface area contributed by atoms with Gasteiger partial charge < -0.3 is 19.4 Å². The van der Waals surface area contributed by atoms with Gasteiger partial charge in [-0.1, -0.05) is 12.1 Å². The van der Waals surface area contributed by atoms with Gasteiger partial charge in [0.1, 0.15) is 11.1 Å². The lowest BCUT2D eigenvalue weighted by molar-refractivity contribution is -0.152. The number of nitrogens with one attached hydrogen (secondary N) is 1. The molecule has 0 spiro atoms. The molecule has 2 heterocycles. The number of methoxy groups -OCH3 is 1. The number of fused-ring (bicyclic) bond motifs is 1. The number of hydrogen-bond acceptors (Lipinski definition) is 8. The molecule has 1 fully saturated rings. The van der Waals surface area contributed by atoms with E-state index >= 15 is 0 Å². The van der Waals surface area contributed by atoms with Crippen molar-refractivity contribution in [2.45, 2.75) is 18.1 Å². The van der Waals surface area contributed by atoms with Crippen LogP contribution in [0.1, 0.15) is 12.2 Å². The number of carbonyl (C=O) groups is 3. The molecule has 1 N–H and O–H groups in total. The summed E-state index contributed by atoms with van der Waals surface area (Å²) in [6, 6.07) is 6.93. The van der Waals surface area contributed by atoms with Crippen LogP contribution in [-0.4, -0.2) is 70.5 Å². The fourth-order valence-corrected chi connectivity index (χ4v) is 4.06. The van der Waals surface area contributed by atoms with Crippen LogP contribution in [0.4, 0.5) is 0 Å². The summed E-state index contributed by atoms with van der Waals surface area (Å²) in [4.78, 5) is 56.4. The van der Waals surface area contributed by atoms with E-state index in [4.69, 9.17) is 9.47 Å². The Bertz CT molecular complexity index is 976. The molecule has 1 aliphatic heterocycles. The lowest BCUT2D eigenvalue weighted by Crippen LogP contribution is -2.46. The first-order valence-corrected chi connectivity index (χ1v) is 10.1. The number of carbonyl (C=O) groups excluding carboxylic acids is 3. The first-order valence-electron chi connectivity index (χ1n) is 9.08. The van der Waals surface area contributed by atoms with Crippen molar-refractivity contribution >= 4 is 40.5 Å². The first kappa shape index (κ1) is 20.8. The Kier molecular flexibility index (Phi) is 6.86. The van der Waals surface area contributed by atoms with Gasteiger partial charge in [-0.2, -0.15) is 0 Å². The van der Waals surface area contributed by atoms with Crippen molar-refractivity contribution < 1.29 is 23.9 Å². The van der Waals surface area contributed by atoms with E-state index in [0.29, 0.717) is 29.0 Å². The number of aryl methyl sites for hydroxylation is 1. The smallest absolute Gasteiger partial charge is 0.320 e. The molecule has 2 aromatic rings. The lowest BCUT2D eigenvalue weighted by Gasteiger charge is -2.30. The van der Waals surface area contributed by atoms with E-state index < -0.39 is 11.2 Å². The minimum absolute atomic E-state index is 0.0187. The second-order valence-corrected chi connectivity index (χ2v) is 7.72. The van der Waals surface area contributed by atoms with Crippen LogP contribution in [0.15, 0.2) is 29.1 Å². The third-order valence-electron chi connectivity index (χ3n) is 4.47. The van der Waals surface area contributed by atoms with Gasteiger partial charge in [-0.15, -0.1) is 11.8 Å². The molecule has 10 heteroatoms. The molecule has 0 aliphatic carbocycles. The molecule has 1 saturated heterocycles. The van der Waals surface area contributed by atoms with E-state index in [1.165, 1.54) is 23.8 Å². The minimum atomic E-state index is -0.565. The van der Waals surface area contributed by atoms with Crippen molar-refractivity contribution in [3.63, 3.8) is 0 Å². The van der Waals surface area contributed by atoms with Gasteiger partial charge in [0, 0.05) is 25.3 Å². The molecule has 1 aliphatic rings. The first-order chi connectivity index (χ1) is 14.0. The highest BCUT2D eigenvalue weighted by atomic mass is 32.2. The van der Waals surface area contributed by atoms with Crippen LogP contribution < -0.4 is 5.56 Å². The van der Waals surface area contributed by atoms with E-state index in [0.717, 1.165) is 0 Å². The van der Waals surface area contributed by atoms with E-state index in [2.05, 4.69) is 9.97 Å². The van der Waals surface area contributed by atoms with Crippen molar-refractivity contribution in [1.29, 1.82) is 0 Å². The van der Waals surface area contributed by atoms with Crippen molar-refractivity contribution in [3.05, 3.63) is 40.4 Å². The second kappa shape index (κ2) is 9.55. The number of para-hydroxylation sites is 1. The number of benzene rings is 1. The van der Waals surface area contributed by atoms with Gasteiger partial charge in [-0.25, -0.2) is 4.98 Å². The highest BCUT2D eigenvalue weighted by Crippen LogP contribution is 2.19. The van der Waals surface area contributed by atoms with Gasteiger partial charge in [0.15, 0.2) is 6.61 Å². The number of thioether (sulfide) groups is 1. The average molecular weight is 419 g/mol. The SMILES string of the molecule is COC(=O)[C@H]1CN(C(=O)COC(=O)CCc2nc3ccccc3c(=O)[nH]2)CCS1. The third kappa shape index (κ3) is 5.35. The summed E-state index contributed by atoms with van der Waals surface area (Å²) in [5.74, 6) is -0.303. The van der Waals surface area contributed by atoms with Crippen LogP contribution in [-0.2, 0) is 30.3 Å². The maximum absolute atomic E-state index is 12.3. The summed E-state index contributed by atoms with van der Waals surface area (Å²) in [5, 5.41) is 0.0542. The summed E-state index contributed by atoms with van der Waals surface area (Å²) in [5.41, 5.74) is 0.287. The zero-order valence-corrected chi connectivity index (χ0v) is 16.7. The molecule has 1 aromatic heterocycles. The Morgan fingerprint density at radius 2 is 2.10 bits per heavy atom. The number of nitrogens with zero attached hydrogens (tertiary/aromatic N) is 2. The van der Waals surface area contributed by atoms with Gasteiger partial charge in [-0.05, 0) is 12.1 Å². The van der Waals surface area contributed by atoms with Gasteiger partial charge in [0.2, 0.25) is 0 Å². The van der Waals surface area contributed by atoms with Crippen LogP contribution in [0.2, 0.25) is 0 Å². The second-order valence-electron chi connectivity index (χ2n) is 6.41. The number of esters is 2. The van der Waals surface area contributed by atoms with Crippen LogP contribution >= 0.6 is 11.8 Å². The van der Waals surface area contributed by atoms with Crippen LogP contribution in [0.5, 0.6) is 0 Å². The largest absolute Gasteiger partial charge is 0.468 e. The fourth-order valence-electron chi connectivity index (χ4n) is 2.93. The van der Waals surface area contributed by atoms with Gasteiger partial charge >= 0.3 is 11.9 Å². The molecule has 0 unspecified atom stereocenters. The molecule has 3 rings (SSSR count). The van der Waals surface area contributed by atoms with Gasteiger partial charge in [0.25, 0.3) is 11.5 Å². The fraction of sp³-hybridized carbons (Fsp3) is 0.421. The molecule has 9 nitrogen and oxygen atoms in total. The molecule has 1 aromatic carbocycles. The summed E-state index contributed by atoms with van der Waals surface area (Å²) in [6.45, 7) is 0.325. The maximum Gasteiger partial charge on any atom is 0.320 e. The molecular formula is C19H21N3O6S. The third-order valence-corrected chi connectivity index (χ3v) is 5.63. The predicted molar refractivity (Wildman–Crippen MR) is 106 cm³/mol. The number of hydrogen-bond donors (Lipinski definition) is 1. The Morgan fingerprint density at radius 3 is 2.90 bits per heavy atom. The molecule has 0 bridgehead atoms. The zero-order chi connectivity index (χ0) is 20.8. The van der Waals surface area contributed by atoms with E-state index in [1.54, 1.807) is 24.3 Å². The summed E-state index contributed by atoms with van der Waals surface area (Å²) in [7, 11) is 1.31. The molecule has 0 radical (unpaired) electrons. The Hall–Kier alpha value is -2.88. The van der Waals surface area contributed by atoms with E-state index in [9.17, 15) is 19.2 Å².